The Morgan fingerprint density at radius 2 is 1.52 bits per heavy atom. The number of allylic oxidation sites excluding steroid dienone is 3. The van der Waals surface area contributed by atoms with E-state index in [2.05, 4.69) is 84.0 Å². The smallest absolute Gasteiger partial charge is 0.399 e. The summed E-state index contributed by atoms with van der Waals surface area (Å²) < 4.78 is 12.8. The summed E-state index contributed by atoms with van der Waals surface area (Å²) in [5.41, 5.74) is 3.17. The number of rotatable bonds is 9. The lowest BCUT2D eigenvalue weighted by atomic mass is 9.71. The number of hydrogen-bond acceptors (Lipinski definition) is 2. The zero-order valence-corrected chi connectivity index (χ0v) is 18.2. The van der Waals surface area contributed by atoms with E-state index in [1.54, 1.807) is 0 Å². The molecule has 148 valence electrons. The first-order valence-electron chi connectivity index (χ1n) is 10.6. The van der Waals surface area contributed by atoms with E-state index >= 15 is 0 Å². The molecule has 2 nitrogen and oxygen atoms in total. The molecule has 0 bridgehead atoms. The lowest BCUT2D eigenvalue weighted by Crippen LogP contribution is -2.41. The molecule has 1 aromatic rings. The summed E-state index contributed by atoms with van der Waals surface area (Å²) in [5.74, 6) is 0. The third-order valence-electron chi connectivity index (χ3n) is 5.74. The van der Waals surface area contributed by atoms with Crippen molar-refractivity contribution in [2.45, 2.75) is 91.3 Å². The van der Waals surface area contributed by atoms with Crippen LogP contribution < -0.4 is 0 Å². The first-order valence-corrected chi connectivity index (χ1v) is 10.6. The van der Waals surface area contributed by atoms with Crippen molar-refractivity contribution in [2.24, 2.45) is 0 Å². The lowest BCUT2D eigenvalue weighted by molar-refractivity contribution is 0.00578. The Morgan fingerprint density at radius 3 is 2.07 bits per heavy atom. The van der Waals surface area contributed by atoms with Gasteiger partial charge in [-0.2, -0.15) is 0 Å². The van der Waals surface area contributed by atoms with Crippen LogP contribution in [0.2, 0.25) is 0 Å². The highest BCUT2D eigenvalue weighted by atomic mass is 16.7. The van der Waals surface area contributed by atoms with E-state index in [4.69, 9.17) is 9.31 Å². The molecule has 0 amide bonds. The van der Waals surface area contributed by atoms with Crippen LogP contribution in [-0.2, 0) is 9.31 Å². The summed E-state index contributed by atoms with van der Waals surface area (Å²) in [6.45, 7) is 13.0. The molecule has 1 aromatic carbocycles. The largest absolute Gasteiger partial charge is 0.494 e. The van der Waals surface area contributed by atoms with Gasteiger partial charge in [0.05, 0.1) is 11.2 Å². The van der Waals surface area contributed by atoms with Gasteiger partial charge in [0.1, 0.15) is 0 Å². The fourth-order valence-electron chi connectivity index (χ4n) is 3.23. The molecular weight excluding hydrogens is 331 g/mol. The quantitative estimate of drug-likeness (QED) is 0.265. The Hall–Kier alpha value is -1.32. The van der Waals surface area contributed by atoms with Crippen molar-refractivity contribution < 1.29 is 9.31 Å². The van der Waals surface area contributed by atoms with Crippen molar-refractivity contribution in [1.29, 1.82) is 0 Å². The summed E-state index contributed by atoms with van der Waals surface area (Å²) in [7, 11) is -0.293. The van der Waals surface area contributed by atoms with Crippen LogP contribution in [0.25, 0.3) is 6.08 Å². The fraction of sp³-hybridized carbons (Fsp3) is 0.583. The lowest BCUT2D eigenvalue weighted by Gasteiger charge is -2.32. The second-order valence-electron chi connectivity index (χ2n) is 8.57. The Bertz CT molecular complexity index is 628. The first-order chi connectivity index (χ1) is 12.8. The first kappa shape index (κ1) is 22.0. The minimum Gasteiger partial charge on any atom is -0.399 e. The van der Waals surface area contributed by atoms with Crippen LogP contribution in [0.3, 0.4) is 0 Å². The van der Waals surface area contributed by atoms with Crippen LogP contribution in [-0.4, -0.2) is 18.3 Å². The molecule has 0 atom stereocenters. The van der Waals surface area contributed by atoms with E-state index in [1.807, 2.05) is 0 Å². The van der Waals surface area contributed by atoms with Gasteiger partial charge in [-0.1, -0.05) is 75.6 Å². The highest BCUT2D eigenvalue weighted by molar-refractivity contribution is 6.56. The third kappa shape index (κ3) is 5.83. The molecule has 1 heterocycles. The predicted octanol–water partition coefficient (Wildman–Crippen LogP) is 7.01. The predicted molar refractivity (Wildman–Crippen MR) is 118 cm³/mol. The molecule has 0 aromatic heterocycles. The van der Waals surface area contributed by atoms with E-state index < -0.39 is 0 Å². The van der Waals surface area contributed by atoms with E-state index in [1.165, 1.54) is 42.3 Å². The summed E-state index contributed by atoms with van der Waals surface area (Å²) in [6, 6.07) is 10.6. The molecule has 3 heteroatoms. The Balaban J connectivity index is 2.39. The molecule has 0 aliphatic carbocycles. The number of benzene rings is 1. The average Bonchev–Trinajstić information content (AvgIpc) is 2.84. The van der Waals surface area contributed by atoms with Crippen LogP contribution in [0.4, 0.5) is 0 Å². The summed E-state index contributed by atoms with van der Waals surface area (Å²) in [6.07, 6.45) is 11.5. The van der Waals surface area contributed by atoms with Gasteiger partial charge < -0.3 is 9.31 Å². The van der Waals surface area contributed by atoms with Crippen molar-refractivity contribution in [2.75, 3.05) is 0 Å². The zero-order valence-electron chi connectivity index (χ0n) is 18.2. The van der Waals surface area contributed by atoms with Gasteiger partial charge in [0.15, 0.2) is 0 Å². The summed E-state index contributed by atoms with van der Waals surface area (Å²) in [5, 5.41) is 0. The maximum Gasteiger partial charge on any atom is 0.494 e. The topological polar surface area (TPSA) is 18.5 Å². The Kier molecular flexibility index (Phi) is 7.94. The summed E-state index contributed by atoms with van der Waals surface area (Å²) in [4.78, 5) is 0. The minimum atomic E-state index is -0.315. The van der Waals surface area contributed by atoms with E-state index in [-0.39, 0.29) is 18.3 Å². The highest BCUT2D eigenvalue weighted by Crippen LogP contribution is 2.40. The molecule has 1 aliphatic heterocycles. The summed E-state index contributed by atoms with van der Waals surface area (Å²) >= 11 is 0. The molecule has 0 radical (unpaired) electrons. The second kappa shape index (κ2) is 9.75. The number of unbranched alkanes of at least 4 members (excludes halogenated alkanes) is 3. The van der Waals surface area contributed by atoms with Crippen LogP contribution in [0.1, 0.15) is 85.6 Å². The van der Waals surface area contributed by atoms with Gasteiger partial charge in [0.25, 0.3) is 0 Å². The standard InChI is InChI=1S/C24H37BO2/c1-7-9-12-18-22(25-26-23(3,4)24(5,6)27-25)21(17-10-8-2)19-20-15-13-11-14-16-20/h11,13-16,18-19H,7-10,12,17H2,1-6H3/b21-19+,22-18-. The molecule has 0 spiro atoms. The van der Waals surface area contributed by atoms with E-state index in [0.29, 0.717) is 0 Å². The maximum absolute atomic E-state index is 6.42. The van der Waals surface area contributed by atoms with Crippen molar-refractivity contribution >= 4 is 13.2 Å². The van der Waals surface area contributed by atoms with E-state index in [9.17, 15) is 0 Å². The Labute approximate surface area is 167 Å². The fourth-order valence-corrected chi connectivity index (χ4v) is 3.23. The minimum absolute atomic E-state index is 0.293. The average molecular weight is 368 g/mol. The molecular formula is C24H37BO2. The molecule has 0 saturated carbocycles. The van der Waals surface area contributed by atoms with Gasteiger partial charge in [-0.25, -0.2) is 0 Å². The zero-order chi connectivity index (χ0) is 19.9. The Morgan fingerprint density at radius 1 is 0.926 bits per heavy atom. The molecule has 2 rings (SSSR count). The van der Waals surface area contributed by atoms with Crippen LogP contribution in [0.15, 0.2) is 47.5 Å². The van der Waals surface area contributed by atoms with Crippen LogP contribution in [0, 0.1) is 0 Å². The molecule has 1 saturated heterocycles. The van der Waals surface area contributed by atoms with Crippen LogP contribution in [0.5, 0.6) is 0 Å². The van der Waals surface area contributed by atoms with Gasteiger partial charge in [0, 0.05) is 0 Å². The monoisotopic (exact) mass is 368 g/mol. The molecule has 27 heavy (non-hydrogen) atoms. The molecule has 0 N–H and O–H groups in total. The van der Waals surface area contributed by atoms with Crippen LogP contribution >= 0.6 is 0 Å². The highest BCUT2D eigenvalue weighted by Gasteiger charge is 2.52. The number of hydrogen-bond donors (Lipinski definition) is 0. The van der Waals surface area contributed by atoms with Crippen molar-refractivity contribution in [1.82, 2.24) is 0 Å². The normalized spacial score (nSPS) is 19.6. The van der Waals surface area contributed by atoms with Crippen molar-refractivity contribution in [3.05, 3.63) is 53.0 Å². The SMILES string of the molecule is CCCC/C=C(B1OC(C)(C)C(C)(C)O1)/C(=C/c1ccccc1)CCCC. The third-order valence-corrected chi connectivity index (χ3v) is 5.74. The molecule has 1 fully saturated rings. The van der Waals surface area contributed by atoms with E-state index in [0.717, 1.165) is 12.8 Å². The van der Waals surface area contributed by atoms with Gasteiger partial charge in [-0.15, -0.1) is 0 Å². The maximum atomic E-state index is 6.42. The van der Waals surface area contributed by atoms with Gasteiger partial charge in [-0.05, 0) is 63.6 Å². The van der Waals surface area contributed by atoms with Gasteiger partial charge in [0.2, 0.25) is 0 Å². The molecule has 1 aliphatic rings. The molecule has 0 unspecified atom stereocenters. The van der Waals surface area contributed by atoms with Crippen molar-refractivity contribution in [3.63, 3.8) is 0 Å². The van der Waals surface area contributed by atoms with Gasteiger partial charge in [-0.3, -0.25) is 0 Å². The van der Waals surface area contributed by atoms with Gasteiger partial charge >= 0.3 is 7.12 Å². The van der Waals surface area contributed by atoms with Crippen molar-refractivity contribution in [3.8, 4) is 0 Å². The second-order valence-corrected chi connectivity index (χ2v) is 8.57.